The SMILES string of the molecule is O=C(O)C1=C(CC=CO)C(Br)=C(Br)C(Br)(C(=O)O)C1CC=CO. The number of carboxylic acid groups (broad SMARTS) is 2. The summed E-state index contributed by atoms with van der Waals surface area (Å²) in [7, 11) is 0. The van der Waals surface area contributed by atoms with Crippen LogP contribution in [0.15, 0.2) is 44.8 Å². The molecule has 126 valence electrons. The van der Waals surface area contributed by atoms with E-state index in [1.165, 1.54) is 12.2 Å². The highest BCUT2D eigenvalue weighted by Crippen LogP contribution is 2.53. The predicted octanol–water partition coefficient (Wildman–Crippen LogP) is 4.14. The first-order chi connectivity index (χ1) is 10.7. The molecule has 0 saturated carbocycles. The first-order valence-corrected chi connectivity index (χ1v) is 8.64. The quantitative estimate of drug-likeness (QED) is 0.311. The number of halogens is 3. The van der Waals surface area contributed by atoms with Gasteiger partial charge in [0.15, 0.2) is 4.32 Å². The minimum absolute atomic E-state index is 0.0165. The summed E-state index contributed by atoms with van der Waals surface area (Å²) in [4.78, 5) is 23.6. The normalized spacial score (nSPS) is 25.6. The van der Waals surface area contributed by atoms with Crippen molar-refractivity contribution in [3.8, 4) is 0 Å². The number of aliphatic hydroxyl groups excluding tert-OH is 2. The fourth-order valence-electron chi connectivity index (χ4n) is 2.34. The van der Waals surface area contributed by atoms with Crippen LogP contribution >= 0.6 is 47.8 Å². The number of aliphatic hydroxyl groups is 2. The lowest BCUT2D eigenvalue weighted by Crippen LogP contribution is -2.45. The van der Waals surface area contributed by atoms with Crippen LogP contribution in [-0.4, -0.2) is 36.7 Å². The number of carbonyl (C=O) groups is 2. The van der Waals surface area contributed by atoms with Crippen LogP contribution in [0.5, 0.6) is 0 Å². The third-order valence-corrected chi connectivity index (χ3v) is 7.63. The van der Waals surface area contributed by atoms with Gasteiger partial charge in [0.05, 0.1) is 12.5 Å². The number of hydrogen-bond acceptors (Lipinski definition) is 4. The first-order valence-electron chi connectivity index (χ1n) is 6.26. The molecule has 0 aromatic heterocycles. The summed E-state index contributed by atoms with van der Waals surface area (Å²) in [6.07, 6.45) is 4.24. The zero-order chi connectivity index (χ0) is 17.8. The van der Waals surface area contributed by atoms with E-state index in [0.29, 0.717) is 5.57 Å². The molecule has 0 aromatic carbocycles. The fourth-order valence-corrected chi connectivity index (χ4v) is 4.59. The third-order valence-electron chi connectivity index (χ3n) is 3.38. The molecule has 23 heavy (non-hydrogen) atoms. The minimum atomic E-state index is -1.70. The Hall–Kier alpha value is -1.06. The zero-order valence-corrected chi connectivity index (χ0v) is 16.3. The molecular formula is C14H13Br3O6. The van der Waals surface area contributed by atoms with Crippen molar-refractivity contribution in [3.63, 3.8) is 0 Å². The molecule has 0 saturated heterocycles. The Balaban J connectivity index is 3.70. The Morgan fingerprint density at radius 1 is 1.13 bits per heavy atom. The van der Waals surface area contributed by atoms with Gasteiger partial charge in [-0.05, 0) is 46.5 Å². The summed E-state index contributed by atoms with van der Waals surface area (Å²) in [6.45, 7) is 0. The van der Waals surface area contributed by atoms with Crippen LogP contribution in [-0.2, 0) is 9.59 Å². The molecule has 2 atom stereocenters. The van der Waals surface area contributed by atoms with Crippen LogP contribution in [0, 0.1) is 5.92 Å². The number of rotatable bonds is 6. The highest BCUT2D eigenvalue weighted by Gasteiger charge is 2.53. The minimum Gasteiger partial charge on any atom is -0.516 e. The maximum Gasteiger partial charge on any atom is 0.332 e. The van der Waals surface area contributed by atoms with Crippen molar-refractivity contribution in [1.82, 2.24) is 0 Å². The van der Waals surface area contributed by atoms with E-state index < -0.39 is 22.2 Å². The Morgan fingerprint density at radius 2 is 1.70 bits per heavy atom. The van der Waals surface area contributed by atoms with Crippen molar-refractivity contribution in [2.45, 2.75) is 17.2 Å². The molecule has 0 aromatic rings. The second kappa shape index (κ2) is 8.16. The van der Waals surface area contributed by atoms with Crippen LogP contribution in [0.4, 0.5) is 0 Å². The maximum absolute atomic E-state index is 11.8. The molecular weight excluding hydrogens is 504 g/mol. The number of aliphatic carboxylic acids is 2. The summed E-state index contributed by atoms with van der Waals surface area (Å²) in [5.41, 5.74) is 0.220. The largest absolute Gasteiger partial charge is 0.516 e. The van der Waals surface area contributed by atoms with Crippen LogP contribution in [0.3, 0.4) is 0 Å². The van der Waals surface area contributed by atoms with E-state index in [9.17, 15) is 19.8 Å². The molecule has 0 amide bonds. The lowest BCUT2D eigenvalue weighted by molar-refractivity contribution is -0.139. The average Bonchev–Trinajstić information content (AvgIpc) is 2.49. The second-order valence-corrected chi connectivity index (χ2v) is 7.44. The highest BCUT2D eigenvalue weighted by molar-refractivity contribution is 9.15. The summed E-state index contributed by atoms with van der Waals surface area (Å²) in [5.74, 6) is -3.53. The van der Waals surface area contributed by atoms with Gasteiger partial charge >= 0.3 is 11.9 Å². The summed E-state index contributed by atoms with van der Waals surface area (Å²) in [5, 5.41) is 36.9. The van der Waals surface area contributed by atoms with Crippen molar-refractivity contribution in [1.29, 1.82) is 0 Å². The number of allylic oxidation sites excluding steroid dienone is 4. The number of hydrogen-bond donors (Lipinski definition) is 4. The van der Waals surface area contributed by atoms with Gasteiger partial charge in [0.25, 0.3) is 0 Å². The lowest BCUT2D eigenvalue weighted by Gasteiger charge is -2.37. The maximum atomic E-state index is 11.8. The van der Waals surface area contributed by atoms with Gasteiger partial charge < -0.3 is 20.4 Å². The summed E-state index contributed by atoms with van der Waals surface area (Å²) >= 11 is 9.61. The van der Waals surface area contributed by atoms with Gasteiger partial charge in [-0.3, -0.25) is 4.79 Å². The van der Waals surface area contributed by atoms with E-state index in [4.69, 9.17) is 10.2 Å². The Bertz CT molecular complexity index is 634. The van der Waals surface area contributed by atoms with Gasteiger partial charge in [-0.1, -0.05) is 31.9 Å². The number of alkyl halides is 1. The van der Waals surface area contributed by atoms with Gasteiger partial charge in [-0.2, -0.15) is 0 Å². The van der Waals surface area contributed by atoms with Crippen molar-refractivity contribution in [3.05, 3.63) is 44.8 Å². The first kappa shape index (κ1) is 20.0. The Labute approximate surface area is 157 Å². The van der Waals surface area contributed by atoms with E-state index in [1.54, 1.807) is 0 Å². The van der Waals surface area contributed by atoms with E-state index in [0.717, 1.165) is 12.5 Å². The van der Waals surface area contributed by atoms with Gasteiger partial charge in [0.1, 0.15) is 0 Å². The topological polar surface area (TPSA) is 115 Å². The standard InChI is InChI=1S/C14H13Br3O6/c15-10-7(3-1-5-18)9(12(20)21)8(4-2-6-19)14(17,11(10)16)13(22)23/h1-2,5-6,8,18-19H,3-4H2,(H,20,21)(H,22,23). The summed E-state index contributed by atoms with van der Waals surface area (Å²) in [6, 6.07) is 0. The zero-order valence-electron chi connectivity index (χ0n) is 11.5. The van der Waals surface area contributed by atoms with E-state index in [1.807, 2.05) is 0 Å². The molecule has 1 rings (SSSR count). The Kier molecular flexibility index (Phi) is 7.09. The Morgan fingerprint density at radius 3 is 2.13 bits per heavy atom. The fraction of sp³-hybridized carbons (Fsp3) is 0.286. The molecule has 0 spiro atoms. The molecule has 0 bridgehead atoms. The van der Waals surface area contributed by atoms with Gasteiger partial charge in [0.2, 0.25) is 0 Å². The lowest BCUT2D eigenvalue weighted by atomic mass is 9.76. The molecule has 0 radical (unpaired) electrons. The van der Waals surface area contributed by atoms with Crippen LogP contribution < -0.4 is 0 Å². The third kappa shape index (κ3) is 3.72. The molecule has 4 N–H and O–H groups in total. The highest BCUT2D eigenvalue weighted by atomic mass is 79.9. The van der Waals surface area contributed by atoms with Crippen LogP contribution in [0.1, 0.15) is 12.8 Å². The summed E-state index contributed by atoms with van der Waals surface area (Å²) < 4.78 is -1.19. The number of carboxylic acids is 2. The molecule has 2 unspecified atom stereocenters. The van der Waals surface area contributed by atoms with Crippen molar-refractivity contribution < 1.29 is 30.0 Å². The van der Waals surface area contributed by atoms with Crippen molar-refractivity contribution in [2.75, 3.05) is 0 Å². The second-order valence-electron chi connectivity index (χ2n) is 4.60. The van der Waals surface area contributed by atoms with E-state index in [2.05, 4.69) is 47.8 Å². The van der Waals surface area contributed by atoms with Crippen LogP contribution in [0.25, 0.3) is 0 Å². The smallest absolute Gasteiger partial charge is 0.332 e. The molecule has 0 heterocycles. The average molecular weight is 517 g/mol. The molecule has 0 fully saturated rings. The van der Waals surface area contributed by atoms with Gasteiger partial charge in [0, 0.05) is 20.5 Å². The van der Waals surface area contributed by atoms with Gasteiger partial charge in [-0.15, -0.1) is 0 Å². The van der Waals surface area contributed by atoms with Crippen molar-refractivity contribution in [2.24, 2.45) is 5.92 Å². The van der Waals surface area contributed by atoms with Crippen molar-refractivity contribution >= 4 is 59.7 Å². The van der Waals surface area contributed by atoms with E-state index in [-0.39, 0.29) is 27.4 Å². The monoisotopic (exact) mass is 514 g/mol. The predicted molar refractivity (Wildman–Crippen MR) is 95.1 cm³/mol. The van der Waals surface area contributed by atoms with E-state index >= 15 is 0 Å². The molecule has 9 heteroatoms. The molecule has 1 aliphatic carbocycles. The molecule has 1 aliphatic rings. The molecule has 0 aliphatic heterocycles. The molecule has 6 nitrogen and oxygen atoms in total. The van der Waals surface area contributed by atoms with Gasteiger partial charge in [-0.25, -0.2) is 4.79 Å². The van der Waals surface area contributed by atoms with Crippen LogP contribution in [0.2, 0.25) is 0 Å².